The first-order valence-electron chi connectivity index (χ1n) is 11.3. The van der Waals surface area contributed by atoms with Gasteiger partial charge in [0.2, 0.25) is 10.0 Å². The van der Waals surface area contributed by atoms with Crippen LogP contribution in [0.2, 0.25) is 0 Å². The molecular weight excluding hydrogens is 470 g/mol. The van der Waals surface area contributed by atoms with Crippen LogP contribution in [0.1, 0.15) is 43.0 Å². The smallest absolute Gasteiger partial charge is 0.257 e. The lowest BCUT2D eigenvalue weighted by Crippen LogP contribution is -2.43. The predicted octanol–water partition coefficient (Wildman–Crippen LogP) is 5.76. The van der Waals surface area contributed by atoms with Crippen LogP contribution in [0.15, 0.2) is 69.3 Å². The highest BCUT2D eigenvalue weighted by atomic mass is 32.2. The molecule has 9 heteroatoms. The average Bonchev–Trinajstić information content (AvgIpc) is 3.51. The molecule has 1 fully saturated rings. The quantitative estimate of drug-likeness (QED) is 0.367. The zero-order valence-electron chi connectivity index (χ0n) is 18.7. The summed E-state index contributed by atoms with van der Waals surface area (Å²) in [5.41, 5.74) is 1.79. The van der Waals surface area contributed by atoms with E-state index in [1.807, 2.05) is 42.6 Å². The molecule has 1 N–H and O–H groups in total. The Labute approximate surface area is 202 Å². The van der Waals surface area contributed by atoms with E-state index < -0.39 is 10.0 Å². The molecule has 2 aromatic heterocycles. The van der Waals surface area contributed by atoms with E-state index in [0.717, 1.165) is 36.7 Å². The molecule has 2 aromatic carbocycles. The lowest BCUT2D eigenvalue weighted by molar-refractivity contribution is 0.102. The van der Waals surface area contributed by atoms with Crippen molar-refractivity contribution in [2.24, 2.45) is 0 Å². The number of sulfonamides is 1. The fourth-order valence-corrected chi connectivity index (χ4v) is 6.80. The number of hydrogen-bond donors (Lipinski definition) is 1. The Morgan fingerprint density at radius 2 is 1.97 bits per heavy atom. The summed E-state index contributed by atoms with van der Waals surface area (Å²) in [5, 5.41) is 6.04. The van der Waals surface area contributed by atoms with Crippen LogP contribution < -0.4 is 5.32 Å². The topological polar surface area (TPSA) is 92.5 Å². The minimum Gasteiger partial charge on any atom is -0.454 e. The molecule has 1 unspecified atom stereocenters. The van der Waals surface area contributed by atoms with E-state index in [-0.39, 0.29) is 16.8 Å². The number of benzene rings is 2. The third kappa shape index (κ3) is 4.38. The van der Waals surface area contributed by atoms with Crippen molar-refractivity contribution < 1.29 is 17.6 Å². The summed E-state index contributed by atoms with van der Waals surface area (Å²) in [6.45, 7) is 2.56. The molecule has 1 saturated heterocycles. The van der Waals surface area contributed by atoms with Gasteiger partial charge in [-0.25, -0.2) is 13.4 Å². The second-order valence-electron chi connectivity index (χ2n) is 8.34. The molecule has 3 heterocycles. The SMILES string of the molecule is CCC1CCCCN1S(=O)(=O)c1ccc(C(=O)Nc2nc(-c3cc4ccccc4o3)cs2)cc1. The van der Waals surface area contributed by atoms with Crippen LogP contribution in [0.3, 0.4) is 0 Å². The number of piperidine rings is 1. The van der Waals surface area contributed by atoms with Crippen LogP contribution >= 0.6 is 11.3 Å². The lowest BCUT2D eigenvalue weighted by atomic mass is 10.0. The van der Waals surface area contributed by atoms with Gasteiger partial charge in [-0.1, -0.05) is 31.5 Å². The number of carbonyl (C=O) groups excluding carboxylic acids is 1. The van der Waals surface area contributed by atoms with Crippen molar-refractivity contribution in [3.63, 3.8) is 0 Å². The average molecular weight is 496 g/mol. The minimum absolute atomic E-state index is 0.0348. The highest BCUT2D eigenvalue weighted by Gasteiger charge is 2.32. The van der Waals surface area contributed by atoms with Gasteiger partial charge in [-0.3, -0.25) is 10.1 Å². The predicted molar refractivity (Wildman–Crippen MR) is 134 cm³/mol. The fourth-order valence-electron chi connectivity index (χ4n) is 4.33. The van der Waals surface area contributed by atoms with Crippen molar-refractivity contribution in [3.05, 3.63) is 65.5 Å². The number of anilines is 1. The van der Waals surface area contributed by atoms with Crippen molar-refractivity contribution in [1.82, 2.24) is 9.29 Å². The Balaban J connectivity index is 1.29. The number of fused-ring (bicyclic) bond motifs is 1. The van der Waals surface area contributed by atoms with Gasteiger partial charge < -0.3 is 4.42 Å². The van der Waals surface area contributed by atoms with E-state index in [1.54, 1.807) is 16.4 Å². The van der Waals surface area contributed by atoms with Crippen LogP contribution in [-0.2, 0) is 10.0 Å². The van der Waals surface area contributed by atoms with E-state index in [0.29, 0.717) is 28.7 Å². The number of carbonyl (C=O) groups is 1. The summed E-state index contributed by atoms with van der Waals surface area (Å²) < 4.78 is 33.7. The lowest BCUT2D eigenvalue weighted by Gasteiger charge is -2.34. The molecule has 5 rings (SSSR count). The summed E-state index contributed by atoms with van der Waals surface area (Å²) >= 11 is 1.30. The molecule has 34 heavy (non-hydrogen) atoms. The summed E-state index contributed by atoms with van der Waals surface area (Å²) in [5.74, 6) is 0.287. The summed E-state index contributed by atoms with van der Waals surface area (Å²) in [6, 6.07) is 15.8. The maximum atomic E-state index is 13.1. The zero-order chi connectivity index (χ0) is 23.7. The second kappa shape index (κ2) is 9.32. The highest BCUT2D eigenvalue weighted by Crippen LogP contribution is 2.31. The van der Waals surface area contributed by atoms with Crippen molar-refractivity contribution in [2.75, 3.05) is 11.9 Å². The van der Waals surface area contributed by atoms with Gasteiger partial charge in [-0.2, -0.15) is 4.31 Å². The molecule has 4 aromatic rings. The van der Waals surface area contributed by atoms with E-state index in [9.17, 15) is 13.2 Å². The molecule has 1 atom stereocenters. The minimum atomic E-state index is -3.58. The molecule has 0 radical (unpaired) electrons. The normalized spacial score (nSPS) is 17.1. The molecule has 1 aliphatic heterocycles. The monoisotopic (exact) mass is 495 g/mol. The molecule has 0 spiro atoms. The van der Waals surface area contributed by atoms with Gasteiger partial charge in [-0.15, -0.1) is 11.3 Å². The van der Waals surface area contributed by atoms with Gasteiger partial charge in [0.15, 0.2) is 10.9 Å². The number of furan rings is 1. The molecule has 1 amide bonds. The molecule has 0 saturated carbocycles. The first-order valence-corrected chi connectivity index (χ1v) is 13.7. The number of thiazole rings is 1. The molecule has 7 nitrogen and oxygen atoms in total. The number of rotatable bonds is 6. The van der Waals surface area contributed by atoms with Crippen molar-refractivity contribution in [2.45, 2.75) is 43.5 Å². The Kier molecular flexibility index (Phi) is 6.24. The molecule has 0 aliphatic carbocycles. The number of amides is 1. The number of nitrogens with zero attached hydrogens (tertiary/aromatic N) is 2. The first-order chi connectivity index (χ1) is 16.5. The standard InChI is InChI=1S/C25H25N3O4S2/c1-2-19-8-5-6-14-28(19)34(30,31)20-12-10-17(11-13-20)24(29)27-25-26-21(16-33-25)23-15-18-7-3-4-9-22(18)32-23/h3-4,7,9-13,15-16,19H,2,5-6,8,14H2,1H3,(H,26,27,29). The summed E-state index contributed by atoms with van der Waals surface area (Å²) in [6.07, 6.45) is 3.61. The van der Waals surface area contributed by atoms with Gasteiger partial charge >= 0.3 is 0 Å². The number of hydrogen-bond acceptors (Lipinski definition) is 6. The third-order valence-electron chi connectivity index (χ3n) is 6.17. The molecule has 1 aliphatic rings. The number of para-hydroxylation sites is 1. The summed E-state index contributed by atoms with van der Waals surface area (Å²) in [7, 11) is -3.58. The van der Waals surface area contributed by atoms with Gasteiger partial charge in [0.05, 0.1) is 4.90 Å². The summed E-state index contributed by atoms with van der Waals surface area (Å²) in [4.78, 5) is 17.4. The van der Waals surface area contributed by atoms with Gasteiger partial charge in [0.1, 0.15) is 11.3 Å². The van der Waals surface area contributed by atoms with Crippen LogP contribution in [0.4, 0.5) is 5.13 Å². The van der Waals surface area contributed by atoms with Crippen LogP contribution in [0.5, 0.6) is 0 Å². The van der Waals surface area contributed by atoms with E-state index in [4.69, 9.17) is 4.42 Å². The van der Waals surface area contributed by atoms with Crippen LogP contribution in [-0.4, -0.2) is 36.2 Å². The van der Waals surface area contributed by atoms with Crippen LogP contribution in [0.25, 0.3) is 22.4 Å². The molecule has 0 bridgehead atoms. The maximum Gasteiger partial charge on any atom is 0.257 e. The molecular formula is C25H25N3O4S2. The Bertz CT molecular complexity index is 1390. The van der Waals surface area contributed by atoms with Crippen molar-refractivity contribution in [1.29, 1.82) is 0 Å². The van der Waals surface area contributed by atoms with E-state index in [2.05, 4.69) is 10.3 Å². The van der Waals surface area contributed by atoms with Crippen LogP contribution in [0, 0.1) is 0 Å². The van der Waals surface area contributed by atoms with E-state index in [1.165, 1.54) is 23.5 Å². The van der Waals surface area contributed by atoms with Crippen molar-refractivity contribution in [3.8, 4) is 11.5 Å². The number of aromatic nitrogens is 1. The van der Waals surface area contributed by atoms with E-state index >= 15 is 0 Å². The largest absolute Gasteiger partial charge is 0.454 e. The molecule has 176 valence electrons. The Hall–Kier alpha value is -3.01. The van der Waals surface area contributed by atoms with Crippen molar-refractivity contribution >= 4 is 43.4 Å². The first kappa shape index (κ1) is 22.8. The number of nitrogens with one attached hydrogen (secondary N) is 1. The fraction of sp³-hybridized carbons (Fsp3) is 0.280. The zero-order valence-corrected chi connectivity index (χ0v) is 20.4. The van der Waals surface area contributed by atoms with Gasteiger partial charge in [-0.05, 0) is 55.7 Å². The van der Waals surface area contributed by atoms with Gasteiger partial charge in [0, 0.05) is 28.9 Å². The Morgan fingerprint density at radius 3 is 2.74 bits per heavy atom. The Morgan fingerprint density at radius 1 is 1.18 bits per heavy atom. The maximum absolute atomic E-state index is 13.1. The second-order valence-corrected chi connectivity index (χ2v) is 11.1. The highest BCUT2D eigenvalue weighted by molar-refractivity contribution is 7.89. The van der Waals surface area contributed by atoms with Gasteiger partial charge in [0.25, 0.3) is 5.91 Å². The third-order valence-corrected chi connectivity index (χ3v) is 8.89.